The molecule has 3 unspecified atom stereocenters. The van der Waals surface area contributed by atoms with Gasteiger partial charge in [0.25, 0.3) is 0 Å². The van der Waals surface area contributed by atoms with Crippen LogP contribution in [-0.2, 0) is 28.5 Å². The molecule has 1 aromatic rings. The number of piperidine rings is 1. The first-order chi connectivity index (χ1) is 20.7. The van der Waals surface area contributed by atoms with Crippen LogP contribution in [0, 0.1) is 40.4 Å². The van der Waals surface area contributed by atoms with E-state index in [0.717, 1.165) is 38.8 Å². The molecule has 236 valence electrons. The zero-order valence-corrected chi connectivity index (χ0v) is 26.4. The SMILES string of the molecule is CCN1C[C@]2(COC)CC[C@H](OC)[C@]34C1C(C[C@H]23)[C@@]1(OC(=O)c2ccc(OC)cc2)C[C@H](OC)C2C[C@@H]4[C@@H]1[C@H]2OC(C)=O. The van der Waals surface area contributed by atoms with Crippen LogP contribution in [0.2, 0.25) is 0 Å². The summed E-state index contributed by atoms with van der Waals surface area (Å²) in [5.74, 6) is 0.508. The number of fused-ring (bicyclic) bond motifs is 2. The van der Waals surface area contributed by atoms with E-state index in [0.29, 0.717) is 30.3 Å². The van der Waals surface area contributed by atoms with Crippen molar-refractivity contribution in [3.63, 3.8) is 0 Å². The van der Waals surface area contributed by atoms with Gasteiger partial charge in [-0.25, -0.2) is 4.79 Å². The first kappa shape index (κ1) is 29.5. The molecule has 0 radical (unpaired) electrons. The van der Waals surface area contributed by atoms with Gasteiger partial charge in [-0.2, -0.15) is 0 Å². The quantitative estimate of drug-likeness (QED) is 0.392. The number of esters is 2. The number of methoxy groups -OCH3 is 4. The molecule has 7 bridgehead atoms. The second-order valence-corrected chi connectivity index (χ2v) is 14.1. The van der Waals surface area contributed by atoms with Crippen molar-refractivity contribution in [1.29, 1.82) is 0 Å². The lowest BCUT2D eigenvalue weighted by atomic mass is 9.43. The predicted octanol–water partition coefficient (Wildman–Crippen LogP) is 3.98. The normalized spacial score (nSPS) is 45.5. The van der Waals surface area contributed by atoms with Crippen molar-refractivity contribution < 1.29 is 38.0 Å². The third kappa shape index (κ3) is 3.77. The molecule has 5 aliphatic carbocycles. The van der Waals surface area contributed by atoms with Crippen molar-refractivity contribution in [2.24, 2.45) is 40.4 Å². The topological polar surface area (TPSA) is 92.8 Å². The summed E-state index contributed by atoms with van der Waals surface area (Å²) in [5, 5.41) is 0. The van der Waals surface area contributed by atoms with Gasteiger partial charge in [0.1, 0.15) is 17.5 Å². The van der Waals surface area contributed by atoms with Gasteiger partial charge in [0.2, 0.25) is 0 Å². The molecule has 0 N–H and O–H groups in total. The molecule has 12 atom stereocenters. The van der Waals surface area contributed by atoms with Crippen LogP contribution < -0.4 is 4.74 Å². The van der Waals surface area contributed by atoms with Crippen molar-refractivity contribution in [1.82, 2.24) is 4.90 Å². The summed E-state index contributed by atoms with van der Waals surface area (Å²) in [6, 6.07) is 7.31. The third-order valence-corrected chi connectivity index (χ3v) is 13.0. The van der Waals surface area contributed by atoms with E-state index < -0.39 is 5.60 Å². The highest BCUT2D eigenvalue weighted by atomic mass is 16.6. The summed E-state index contributed by atoms with van der Waals surface area (Å²) >= 11 is 0. The van der Waals surface area contributed by atoms with Gasteiger partial charge in [-0.05, 0) is 68.3 Å². The zero-order chi connectivity index (χ0) is 30.3. The Bertz CT molecular complexity index is 1260. The minimum absolute atomic E-state index is 0.000529. The number of benzene rings is 1. The summed E-state index contributed by atoms with van der Waals surface area (Å²) in [5.41, 5.74) is -0.512. The molecule has 0 aromatic heterocycles. The Morgan fingerprint density at radius 3 is 2.42 bits per heavy atom. The van der Waals surface area contributed by atoms with Gasteiger partial charge in [-0.15, -0.1) is 0 Å². The lowest BCUT2D eigenvalue weighted by Crippen LogP contribution is -2.77. The molecule has 1 aromatic carbocycles. The fourth-order valence-corrected chi connectivity index (χ4v) is 12.1. The highest BCUT2D eigenvalue weighted by molar-refractivity contribution is 5.90. The van der Waals surface area contributed by atoms with E-state index in [4.69, 9.17) is 28.4 Å². The maximum Gasteiger partial charge on any atom is 0.338 e. The first-order valence-corrected chi connectivity index (χ1v) is 16.1. The zero-order valence-electron chi connectivity index (χ0n) is 26.4. The van der Waals surface area contributed by atoms with Crippen molar-refractivity contribution >= 4 is 11.9 Å². The summed E-state index contributed by atoms with van der Waals surface area (Å²) < 4.78 is 37.3. The molecule has 9 nitrogen and oxygen atoms in total. The van der Waals surface area contributed by atoms with E-state index in [1.165, 1.54) is 6.92 Å². The maximum absolute atomic E-state index is 14.2. The number of carbonyl (C=O) groups is 2. The second-order valence-electron chi connectivity index (χ2n) is 14.1. The Labute approximate surface area is 254 Å². The van der Waals surface area contributed by atoms with Crippen LogP contribution in [0.3, 0.4) is 0 Å². The summed E-state index contributed by atoms with van der Waals surface area (Å²) in [6.07, 6.45) is 3.94. The van der Waals surface area contributed by atoms with Gasteiger partial charge in [0.15, 0.2) is 0 Å². The van der Waals surface area contributed by atoms with Gasteiger partial charge in [0.05, 0.1) is 31.5 Å². The van der Waals surface area contributed by atoms with Crippen molar-refractivity contribution in [3.8, 4) is 5.75 Å². The highest BCUT2D eigenvalue weighted by Crippen LogP contribution is 2.80. The van der Waals surface area contributed by atoms with Crippen molar-refractivity contribution in [2.75, 3.05) is 48.1 Å². The maximum atomic E-state index is 14.2. The molecule has 6 fully saturated rings. The minimum Gasteiger partial charge on any atom is -0.497 e. The van der Waals surface area contributed by atoms with E-state index in [1.807, 2.05) is 14.2 Å². The van der Waals surface area contributed by atoms with Crippen LogP contribution in [-0.4, -0.2) is 94.9 Å². The molecule has 1 heterocycles. The Morgan fingerprint density at radius 2 is 1.79 bits per heavy atom. The molecule has 5 saturated carbocycles. The van der Waals surface area contributed by atoms with E-state index in [1.54, 1.807) is 38.5 Å². The van der Waals surface area contributed by atoms with E-state index in [9.17, 15) is 9.59 Å². The van der Waals surface area contributed by atoms with Gasteiger partial charge >= 0.3 is 11.9 Å². The molecule has 43 heavy (non-hydrogen) atoms. The Morgan fingerprint density at radius 1 is 1.02 bits per heavy atom. The van der Waals surface area contributed by atoms with E-state index >= 15 is 0 Å². The molecular weight excluding hydrogens is 550 g/mol. The molecule has 1 spiro atoms. The molecular formula is C34H47NO8. The molecule has 0 amide bonds. The second kappa shape index (κ2) is 10.4. The van der Waals surface area contributed by atoms with Crippen LogP contribution >= 0.6 is 0 Å². The van der Waals surface area contributed by atoms with Crippen molar-refractivity contribution in [2.45, 2.75) is 75.9 Å². The Balaban J connectivity index is 1.43. The average molecular weight is 598 g/mol. The van der Waals surface area contributed by atoms with Gasteiger partial charge in [0, 0.05) is 75.8 Å². The van der Waals surface area contributed by atoms with Crippen LogP contribution in [0.25, 0.3) is 0 Å². The largest absolute Gasteiger partial charge is 0.497 e. The van der Waals surface area contributed by atoms with Gasteiger partial charge in [-0.1, -0.05) is 6.92 Å². The monoisotopic (exact) mass is 597 g/mol. The standard InChI is InChI=1S/C34H47NO8/c1-7-35-17-32(18-38-3)13-12-27(41-6)34-23-14-22-25(40-5)16-33(24(30(34)35)15-26(32)34,28(23)29(22)42-19(2)36)43-31(37)20-8-10-21(39-4)11-9-20/h8-11,22-30H,7,12-18H2,1-6H3/t22?,23-,24?,25+,26-,27+,28-,29+,30?,32+,33+,34-/m1/s1. The summed E-state index contributed by atoms with van der Waals surface area (Å²) in [4.78, 5) is 29.5. The van der Waals surface area contributed by atoms with Gasteiger partial charge in [-0.3, -0.25) is 9.69 Å². The number of hydrogen-bond donors (Lipinski definition) is 0. The molecule has 1 saturated heterocycles. The highest BCUT2D eigenvalue weighted by Gasteiger charge is 2.85. The number of hydrogen-bond acceptors (Lipinski definition) is 9. The minimum atomic E-state index is -0.850. The predicted molar refractivity (Wildman–Crippen MR) is 157 cm³/mol. The number of carbonyl (C=O) groups excluding carboxylic acids is 2. The van der Waals surface area contributed by atoms with Crippen LogP contribution in [0.15, 0.2) is 24.3 Å². The number of likely N-dealkylation sites (tertiary alicyclic amines) is 1. The van der Waals surface area contributed by atoms with Crippen LogP contribution in [0.1, 0.15) is 56.3 Å². The van der Waals surface area contributed by atoms with Crippen LogP contribution in [0.4, 0.5) is 0 Å². The molecule has 7 rings (SSSR count). The first-order valence-electron chi connectivity index (χ1n) is 16.1. The molecule has 1 aliphatic heterocycles. The molecule has 9 heteroatoms. The molecule has 6 aliphatic rings. The number of nitrogens with zero attached hydrogens (tertiary/aromatic N) is 1. The number of ether oxygens (including phenoxy) is 6. The lowest BCUT2D eigenvalue weighted by Gasteiger charge is -2.69. The third-order valence-electron chi connectivity index (χ3n) is 13.0. The summed E-state index contributed by atoms with van der Waals surface area (Å²) in [7, 11) is 7.05. The van der Waals surface area contributed by atoms with Crippen molar-refractivity contribution in [3.05, 3.63) is 29.8 Å². The Kier molecular flexibility index (Phi) is 7.16. The van der Waals surface area contributed by atoms with Crippen LogP contribution in [0.5, 0.6) is 5.75 Å². The average Bonchev–Trinajstić information content (AvgIpc) is 3.44. The number of rotatable bonds is 9. The fraction of sp³-hybridized carbons (Fsp3) is 0.765. The Hall–Kier alpha value is -2.20. The summed E-state index contributed by atoms with van der Waals surface area (Å²) in [6.45, 7) is 6.33. The fourth-order valence-electron chi connectivity index (χ4n) is 12.1. The smallest absolute Gasteiger partial charge is 0.338 e. The van der Waals surface area contributed by atoms with Gasteiger partial charge < -0.3 is 28.4 Å². The lowest BCUT2D eigenvalue weighted by molar-refractivity contribution is -0.276. The van der Waals surface area contributed by atoms with E-state index in [-0.39, 0.29) is 70.8 Å². The van der Waals surface area contributed by atoms with E-state index in [2.05, 4.69) is 11.8 Å².